The average Bonchev–Trinajstić information content (AvgIpc) is 3.25. The maximum absolute atomic E-state index is 5.88. The summed E-state index contributed by atoms with van der Waals surface area (Å²) in [6, 6.07) is 21.3. The van der Waals surface area contributed by atoms with Crippen LogP contribution in [0.3, 0.4) is 0 Å². The van der Waals surface area contributed by atoms with Crippen LogP contribution in [0, 0.1) is 0 Å². The van der Waals surface area contributed by atoms with Crippen LogP contribution in [0.5, 0.6) is 0 Å². The van der Waals surface area contributed by atoms with Gasteiger partial charge in [-0.2, -0.15) is 0 Å². The molecule has 0 saturated heterocycles. The molecule has 0 aliphatic heterocycles. The van der Waals surface area contributed by atoms with Crippen LogP contribution < -0.4 is 0 Å². The first-order chi connectivity index (χ1) is 12.3. The van der Waals surface area contributed by atoms with Gasteiger partial charge in [-0.05, 0) is 42.5 Å². The van der Waals surface area contributed by atoms with E-state index < -0.39 is 0 Å². The van der Waals surface area contributed by atoms with Gasteiger partial charge in [0.1, 0.15) is 11.0 Å². The van der Waals surface area contributed by atoms with E-state index in [-0.39, 0.29) is 0 Å². The summed E-state index contributed by atoms with van der Waals surface area (Å²) in [7, 11) is 0. The first kappa shape index (κ1) is 14.4. The van der Waals surface area contributed by atoms with Crippen molar-refractivity contribution in [3.63, 3.8) is 0 Å². The lowest BCUT2D eigenvalue weighted by molar-refractivity contribution is 0.617. The number of rotatable bonds is 2. The number of fused-ring (bicyclic) bond motifs is 2. The molecular weight excluding hydrogens is 380 g/mol. The fraction of sp³-hybridized carbons (Fsp3) is 0. The van der Waals surface area contributed by atoms with Crippen molar-refractivity contribution in [2.24, 2.45) is 0 Å². The Morgan fingerprint density at radius 1 is 0.640 bits per heavy atom. The zero-order valence-corrected chi connectivity index (χ0v) is 14.5. The lowest BCUT2D eigenvalue weighted by Crippen LogP contribution is -1.83. The lowest BCUT2D eigenvalue weighted by Gasteiger charge is -2.01. The predicted octanol–water partition coefficient (Wildman–Crippen LogP) is 6.07. The molecule has 0 aliphatic carbocycles. The second kappa shape index (κ2) is 5.57. The van der Waals surface area contributed by atoms with E-state index in [0.29, 0.717) is 11.8 Å². The molecule has 0 radical (unpaired) electrons. The van der Waals surface area contributed by atoms with Gasteiger partial charge in [0.2, 0.25) is 11.8 Å². The van der Waals surface area contributed by atoms with E-state index in [0.717, 1.165) is 37.8 Å². The fourth-order valence-corrected chi connectivity index (χ4v) is 3.32. The van der Waals surface area contributed by atoms with Gasteiger partial charge in [0.05, 0.1) is 0 Å². The molecule has 0 spiro atoms. The topological polar surface area (TPSA) is 52.1 Å². The van der Waals surface area contributed by atoms with Crippen LogP contribution in [0.25, 0.3) is 45.1 Å². The molecule has 2 heterocycles. The molecule has 0 atom stereocenters. The number of oxazole rings is 2. The summed E-state index contributed by atoms with van der Waals surface area (Å²) in [6.07, 6.45) is 0. The quantitative estimate of drug-likeness (QED) is 0.367. The van der Waals surface area contributed by atoms with Gasteiger partial charge in [-0.15, -0.1) is 0 Å². The van der Waals surface area contributed by atoms with E-state index >= 15 is 0 Å². The van der Waals surface area contributed by atoms with Gasteiger partial charge < -0.3 is 8.83 Å². The molecule has 0 fully saturated rings. The Kier molecular flexibility index (Phi) is 3.21. The monoisotopic (exact) mass is 390 g/mol. The molecule has 5 heteroatoms. The molecule has 2 aromatic heterocycles. The largest absolute Gasteiger partial charge is 0.436 e. The summed E-state index contributed by atoms with van der Waals surface area (Å²) < 4.78 is 12.7. The summed E-state index contributed by atoms with van der Waals surface area (Å²) in [5, 5.41) is 0. The van der Waals surface area contributed by atoms with Crippen molar-refractivity contribution in [2.75, 3.05) is 0 Å². The zero-order valence-electron chi connectivity index (χ0n) is 12.9. The van der Waals surface area contributed by atoms with Crippen molar-refractivity contribution in [3.8, 4) is 22.9 Å². The molecule has 3 aromatic carbocycles. The number of nitrogens with zero attached hydrogens (tertiary/aromatic N) is 2. The first-order valence-corrected chi connectivity index (χ1v) is 8.58. The molecule has 120 valence electrons. The van der Waals surface area contributed by atoms with E-state index in [9.17, 15) is 0 Å². The van der Waals surface area contributed by atoms with E-state index in [4.69, 9.17) is 8.83 Å². The molecule has 5 rings (SSSR count). The Balaban J connectivity index is 1.66. The Hall–Kier alpha value is -2.92. The Bertz CT molecular complexity index is 1060. The molecule has 0 bridgehead atoms. The fourth-order valence-electron chi connectivity index (χ4n) is 2.83. The maximum atomic E-state index is 5.88. The van der Waals surface area contributed by atoms with Crippen molar-refractivity contribution in [1.29, 1.82) is 0 Å². The van der Waals surface area contributed by atoms with Gasteiger partial charge in [-0.3, -0.25) is 0 Å². The van der Waals surface area contributed by atoms with Crippen molar-refractivity contribution in [3.05, 3.63) is 71.2 Å². The van der Waals surface area contributed by atoms with Gasteiger partial charge in [0, 0.05) is 15.6 Å². The molecule has 0 saturated carbocycles. The summed E-state index contributed by atoms with van der Waals surface area (Å²) in [5.41, 5.74) is 4.93. The third-order valence-corrected chi connectivity index (χ3v) is 4.44. The molecule has 0 aliphatic rings. The van der Waals surface area contributed by atoms with Crippen LogP contribution in [0.1, 0.15) is 0 Å². The predicted molar refractivity (Wildman–Crippen MR) is 100 cm³/mol. The molecular formula is C20H11BrN2O2. The highest BCUT2D eigenvalue weighted by atomic mass is 79.9. The Morgan fingerprint density at radius 3 is 1.60 bits per heavy atom. The van der Waals surface area contributed by atoms with Gasteiger partial charge in [-0.1, -0.05) is 40.2 Å². The number of hydrogen-bond acceptors (Lipinski definition) is 4. The summed E-state index contributed by atoms with van der Waals surface area (Å²) in [6.45, 7) is 0. The van der Waals surface area contributed by atoms with Crippen molar-refractivity contribution in [2.45, 2.75) is 0 Å². The lowest BCUT2D eigenvalue weighted by atomic mass is 10.1. The molecule has 0 N–H and O–H groups in total. The minimum absolute atomic E-state index is 0.569. The number of aromatic nitrogens is 2. The van der Waals surface area contributed by atoms with Gasteiger partial charge in [0.15, 0.2) is 11.2 Å². The van der Waals surface area contributed by atoms with Crippen LogP contribution in [0.15, 0.2) is 80.0 Å². The number of hydrogen-bond donors (Lipinski definition) is 0. The highest BCUT2D eigenvalue weighted by Crippen LogP contribution is 2.32. The van der Waals surface area contributed by atoms with E-state index in [1.165, 1.54) is 0 Å². The van der Waals surface area contributed by atoms with E-state index in [1.807, 2.05) is 66.7 Å². The second-order valence-corrected chi connectivity index (χ2v) is 6.62. The number of halogens is 1. The maximum Gasteiger partial charge on any atom is 0.227 e. The van der Waals surface area contributed by atoms with Crippen molar-refractivity contribution >= 4 is 38.1 Å². The third kappa shape index (κ3) is 2.53. The molecule has 25 heavy (non-hydrogen) atoms. The zero-order chi connectivity index (χ0) is 16.8. The van der Waals surface area contributed by atoms with Crippen molar-refractivity contribution in [1.82, 2.24) is 9.97 Å². The molecule has 0 unspecified atom stereocenters. The summed E-state index contributed by atoms with van der Waals surface area (Å²) >= 11 is 3.56. The smallest absolute Gasteiger partial charge is 0.227 e. The van der Waals surface area contributed by atoms with Crippen LogP contribution in [-0.4, -0.2) is 9.97 Å². The van der Waals surface area contributed by atoms with Crippen LogP contribution in [0.2, 0.25) is 0 Å². The normalized spacial score (nSPS) is 11.4. The SMILES string of the molecule is Brc1cc(-c2nc3ccccc3o2)cc(-c2nc3ccccc3o2)c1. The number of para-hydroxylation sites is 4. The molecule has 5 aromatic rings. The van der Waals surface area contributed by atoms with Crippen LogP contribution in [-0.2, 0) is 0 Å². The average molecular weight is 391 g/mol. The highest BCUT2D eigenvalue weighted by Gasteiger charge is 2.13. The van der Waals surface area contributed by atoms with Crippen molar-refractivity contribution < 1.29 is 8.83 Å². The van der Waals surface area contributed by atoms with E-state index in [1.54, 1.807) is 0 Å². The van der Waals surface area contributed by atoms with E-state index in [2.05, 4.69) is 25.9 Å². The Morgan fingerprint density at radius 2 is 1.12 bits per heavy atom. The summed E-state index contributed by atoms with van der Waals surface area (Å²) in [4.78, 5) is 9.13. The van der Waals surface area contributed by atoms with Crippen LogP contribution >= 0.6 is 15.9 Å². The standard InChI is InChI=1S/C20H11BrN2O2/c21-14-10-12(19-22-15-5-1-3-7-17(15)24-19)9-13(11-14)20-23-16-6-2-4-8-18(16)25-20/h1-11H. The van der Waals surface area contributed by atoms with Gasteiger partial charge >= 0.3 is 0 Å². The number of benzene rings is 3. The molecule has 4 nitrogen and oxygen atoms in total. The third-order valence-electron chi connectivity index (χ3n) is 3.98. The minimum atomic E-state index is 0.569. The van der Waals surface area contributed by atoms with Gasteiger partial charge in [-0.25, -0.2) is 9.97 Å². The molecule has 0 amide bonds. The minimum Gasteiger partial charge on any atom is -0.436 e. The van der Waals surface area contributed by atoms with Gasteiger partial charge in [0.25, 0.3) is 0 Å². The second-order valence-electron chi connectivity index (χ2n) is 5.70. The Labute approximate surface area is 151 Å². The van der Waals surface area contributed by atoms with Crippen LogP contribution in [0.4, 0.5) is 0 Å². The first-order valence-electron chi connectivity index (χ1n) is 7.79. The highest BCUT2D eigenvalue weighted by molar-refractivity contribution is 9.10. The summed E-state index contributed by atoms with van der Waals surface area (Å²) in [5.74, 6) is 1.14.